The molecule has 39 heteroatoms. The van der Waals surface area contributed by atoms with Gasteiger partial charge in [-0.15, -0.1) is 0 Å². The molecule has 0 spiro atoms. The SMILES string of the molecule is C=C1NC(=O)NC(=O)C1(C)ONC(=O)N(C)C.CN(C)C(=O)NOC1(C)C(=O)N(C)C(=O)N(C)C1=O.CO/N=C(\C)C1(ONC(=O)N(C)C)C(=O)N(C)C(=O)N(C)C1=O.CO/N=C(\C)C1(ONC(=O)N(C)C)C(=O)NC(=O)NC1=O. The molecule has 80 heavy (non-hydrogen) atoms. The number of hydrogen-bond acceptors (Lipinski definition) is 23. The number of urea groups is 8. The molecule has 23 amide bonds. The van der Waals surface area contributed by atoms with Crippen LogP contribution < -0.4 is 43.2 Å². The Kier molecular flexibility index (Phi) is 23.6. The van der Waals surface area contributed by atoms with Gasteiger partial charge in [0.15, 0.2) is 0 Å². The van der Waals surface area contributed by atoms with E-state index in [-0.39, 0.29) is 17.1 Å². The molecule has 4 fully saturated rings. The summed E-state index contributed by atoms with van der Waals surface area (Å²) in [6.07, 6.45) is 0. The Balaban J connectivity index is 0.000000536. The number of nitrogens with zero attached hydrogens (tertiary/aromatic N) is 10. The van der Waals surface area contributed by atoms with Gasteiger partial charge in [-0.05, 0) is 27.7 Å². The largest absolute Gasteiger partial charge is 0.399 e. The summed E-state index contributed by atoms with van der Waals surface area (Å²) in [5, 5.41) is 15.0. The van der Waals surface area contributed by atoms with E-state index >= 15 is 0 Å². The predicted molar refractivity (Wildman–Crippen MR) is 265 cm³/mol. The number of carbonyl (C=O) groups excluding carboxylic acids is 15. The number of hydrogen-bond donors (Lipinski definition) is 8. The normalized spacial score (nSPS) is 19.4. The fraction of sp³-hybridized carbons (Fsp3) is 0.537. The molecular formula is C41H64N18O21. The Labute approximate surface area is 455 Å². The van der Waals surface area contributed by atoms with E-state index < -0.39 is 112 Å². The quantitative estimate of drug-likeness (QED) is 0.0520. The van der Waals surface area contributed by atoms with Crippen molar-refractivity contribution in [1.82, 2.24) is 82.4 Å². The van der Waals surface area contributed by atoms with E-state index in [2.05, 4.69) is 37.4 Å². The van der Waals surface area contributed by atoms with Crippen molar-refractivity contribution in [3.8, 4) is 0 Å². The highest BCUT2D eigenvalue weighted by molar-refractivity contribution is 6.35. The minimum Gasteiger partial charge on any atom is -0.399 e. The fourth-order valence-electron chi connectivity index (χ4n) is 5.72. The maximum Gasteiger partial charge on any atom is 0.340 e. The summed E-state index contributed by atoms with van der Waals surface area (Å²) in [5.41, 5.74) is -0.557. The zero-order chi connectivity index (χ0) is 62.3. The molecule has 0 aromatic rings. The molecule has 444 valence electrons. The van der Waals surface area contributed by atoms with Crippen molar-refractivity contribution in [3.63, 3.8) is 0 Å². The molecule has 0 aliphatic carbocycles. The van der Waals surface area contributed by atoms with Crippen molar-refractivity contribution < 1.29 is 101 Å². The third-order valence-corrected chi connectivity index (χ3v) is 10.7. The third-order valence-electron chi connectivity index (χ3n) is 10.7. The van der Waals surface area contributed by atoms with E-state index in [1.54, 1.807) is 0 Å². The molecule has 0 saturated carbocycles. The second-order valence-corrected chi connectivity index (χ2v) is 17.4. The van der Waals surface area contributed by atoms with Crippen molar-refractivity contribution in [3.05, 3.63) is 12.3 Å². The minimum absolute atomic E-state index is 0.0466. The number of barbiturate groups is 3. The second-order valence-electron chi connectivity index (χ2n) is 17.4. The summed E-state index contributed by atoms with van der Waals surface area (Å²) in [6.45, 7) is 8.64. The van der Waals surface area contributed by atoms with Crippen LogP contribution in [0.1, 0.15) is 27.7 Å². The number of imide groups is 7. The molecular weight excluding hydrogens is 1080 g/mol. The number of carbonyl (C=O) groups is 15. The molecule has 39 nitrogen and oxygen atoms in total. The Hall–Kier alpha value is -9.63. The lowest BCUT2D eigenvalue weighted by atomic mass is 9.93. The van der Waals surface area contributed by atoms with Gasteiger partial charge in [-0.2, -0.15) is 0 Å². The van der Waals surface area contributed by atoms with Crippen LogP contribution in [0.5, 0.6) is 0 Å². The first-order valence-electron chi connectivity index (χ1n) is 22.2. The van der Waals surface area contributed by atoms with Gasteiger partial charge in [0.2, 0.25) is 11.2 Å². The molecule has 4 aliphatic rings. The lowest BCUT2D eigenvalue weighted by Crippen LogP contribution is -2.72. The number of oxime groups is 2. The predicted octanol–water partition coefficient (Wildman–Crippen LogP) is -4.38. The smallest absolute Gasteiger partial charge is 0.340 e. The number of amides is 23. The van der Waals surface area contributed by atoms with E-state index in [4.69, 9.17) is 19.4 Å². The van der Waals surface area contributed by atoms with Gasteiger partial charge in [0.1, 0.15) is 25.6 Å². The van der Waals surface area contributed by atoms with Crippen LogP contribution in [0.3, 0.4) is 0 Å². The van der Waals surface area contributed by atoms with Crippen molar-refractivity contribution in [1.29, 1.82) is 0 Å². The van der Waals surface area contributed by atoms with Crippen LogP contribution in [0.25, 0.3) is 0 Å². The van der Waals surface area contributed by atoms with Gasteiger partial charge in [0, 0.05) is 84.6 Å². The van der Waals surface area contributed by atoms with Crippen LogP contribution in [0.4, 0.5) is 38.4 Å². The highest BCUT2D eigenvalue weighted by atomic mass is 16.7. The standard InChI is InChI=1S/C12H19N5O6.C10H15N5O6.C10H16N4O5.C9H14N4O4/c1-7(13-22-6)12(23-14-10(20)15(2)3)8(18)16(4)11(21)17(5)9(12)19;1-5(13-20-4)10(21-14-9(19)15(2)3)6(16)11-8(18)12-7(10)17;1-10(19-11-8(17)12(2)3)6(15)13(4)9(18)14(5)7(10)16;1-5-9(2,6(14)11-7(15)10-5)17-12-8(16)13(3)4/h1-6H3,(H,14,20);1-4H3,(H,14,19)(H2,11,12,16,17,18);1-5H3,(H,11,17);1H2,2-4H3,(H,12,16)(H2,10,11,14,15)/b13-7+;13-5+;;. The monoisotopic (exact) mass is 1140 g/mol. The number of rotatable bonds is 12. The number of likely N-dealkylation sites (N-methyl/N-ethyl adjacent to an activating group) is 4. The molecule has 4 heterocycles. The van der Waals surface area contributed by atoms with E-state index in [1.165, 1.54) is 136 Å². The summed E-state index contributed by atoms with van der Waals surface area (Å²) in [6, 6.07) is -5.88. The lowest BCUT2D eigenvalue weighted by molar-refractivity contribution is -0.179. The Morgan fingerprint density at radius 1 is 0.450 bits per heavy atom. The average Bonchev–Trinajstić information content (AvgIpc) is 3.38. The molecule has 0 aromatic carbocycles. The van der Waals surface area contributed by atoms with Gasteiger partial charge in [-0.1, -0.05) is 16.9 Å². The van der Waals surface area contributed by atoms with Gasteiger partial charge in [-0.25, -0.2) is 79.6 Å². The molecule has 4 saturated heterocycles. The molecule has 8 N–H and O–H groups in total. The van der Waals surface area contributed by atoms with Gasteiger partial charge >= 0.3 is 48.2 Å². The molecule has 0 radical (unpaired) electrons. The van der Waals surface area contributed by atoms with Crippen LogP contribution in [0.2, 0.25) is 0 Å². The van der Waals surface area contributed by atoms with Gasteiger partial charge < -0.3 is 34.6 Å². The van der Waals surface area contributed by atoms with Crippen LogP contribution >= 0.6 is 0 Å². The summed E-state index contributed by atoms with van der Waals surface area (Å²) in [7, 11) is 18.9. The van der Waals surface area contributed by atoms with E-state index in [9.17, 15) is 71.9 Å². The summed E-state index contributed by atoms with van der Waals surface area (Å²) in [5.74, 6) is -6.60. The highest BCUT2D eigenvalue weighted by Crippen LogP contribution is 2.26. The van der Waals surface area contributed by atoms with Crippen LogP contribution in [0, 0.1) is 0 Å². The van der Waals surface area contributed by atoms with Crippen LogP contribution in [-0.4, -0.2) is 261 Å². The van der Waals surface area contributed by atoms with Gasteiger partial charge in [0.05, 0.1) is 5.70 Å². The fourth-order valence-corrected chi connectivity index (χ4v) is 5.72. The zero-order valence-electron chi connectivity index (χ0n) is 46.8. The van der Waals surface area contributed by atoms with Crippen molar-refractivity contribution >= 4 is 101 Å². The Morgan fingerprint density at radius 2 is 0.725 bits per heavy atom. The van der Waals surface area contributed by atoms with Gasteiger partial charge in [-0.3, -0.25) is 69.1 Å². The van der Waals surface area contributed by atoms with E-state index in [0.717, 1.165) is 19.6 Å². The summed E-state index contributed by atoms with van der Waals surface area (Å²) >= 11 is 0. The van der Waals surface area contributed by atoms with Crippen LogP contribution in [0.15, 0.2) is 22.6 Å². The second kappa shape index (κ2) is 27.6. The first-order valence-corrected chi connectivity index (χ1v) is 22.2. The van der Waals surface area contributed by atoms with Crippen molar-refractivity contribution in [2.75, 3.05) is 98.8 Å². The van der Waals surface area contributed by atoms with E-state index in [0.29, 0.717) is 9.80 Å². The van der Waals surface area contributed by atoms with Crippen LogP contribution in [-0.2, 0) is 62.6 Å². The molecule has 1 unspecified atom stereocenters. The summed E-state index contributed by atoms with van der Waals surface area (Å²) in [4.78, 5) is 212. The highest BCUT2D eigenvalue weighted by Gasteiger charge is 2.61. The first kappa shape index (κ1) is 68.4. The topological polar surface area (TPSA) is 458 Å². The zero-order valence-corrected chi connectivity index (χ0v) is 46.8. The number of hydroxylamine groups is 4. The summed E-state index contributed by atoms with van der Waals surface area (Å²) < 4.78 is 0. The van der Waals surface area contributed by atoms with Crippen molar-refractivity contribution in [2.45, 2.75) is 50.1 Å². The number of nitrogens with one attached hydrogen (secondary N) is 8. The Morgan fingerprint density at radius 3 is 1.05 bits per heavy atom. The maximum atomic E-state index is 12.5. The van der Waals surface area contributed by atoms with Crippen molar-refractivity contribution in [2.24, 2.45) is 10.3 Å². The van der Waals surface area contributed by atoms with E-state index in [1.807, 2.05) is 32.4 Å². The minimum atomic E-state index is -2.35. The Bertz CT molecular complexity index is 2530. The average molecular weight is 1150 g/mol. The first-order chi connectivity index (χ1) is 36.8. The maximum absolute atomic E-state index is 12.5. The lowest BCUT2D eigenvalue weighted by Gasteiger charge is -2.40. The molecule has 4 rings (SSSR count). The molecule has 0 bridgehead atoms. The third kappa shape index (κ3) is 14.9. The molecule has 1 atom stereocenters. The van der Waals surface area contributed by atoms with Gasteiger partial charge in [0.25, 0.3) is 52.6 Å². The molecule has 4 aliphatic heterocycles. The molecule has 0 aromatic heterocycles.